The zero-order valence-electron chi connectivity index (χ0n) is 12.6. The number of nitrogens with two attached hydrogens (primary N) is 1. The van der Waals surface area contributed by atoms with Crippen LogP contribution in [0, 0.1) is 11.3 Å². The number of hydrogen-bond donors (Lipinski definition) is 1. The van der Waals surface area contributed by atoms with Gasteiger partial charge in [0.1, 0.15) is 6.07 Å². The van der Waals surface area contributed by atoms with Gasteiger partial charge in [0.15, 0.2) is 0 Å². The maximum absolute atomic E-state index is 9.10. The number of nitrogens with zero attached hydrogens (tertiary/aromatic N) is 3. The molecule has 0 radical (unpaired) electrons. The first kappa shape index (κ1) is 14.2. The van der Waals surface area contributed by atoms with E-state index in [1.807, 2.05) is 18.2 Å². The van der Waals surface area contributed by atoms with Gasteiger partial charge in [-0.15, -0.1) is 0 Å². The Kier molecular flexibility index (Phi) is 4.31. The van der Waals surface area contributed by atoms with Gasteiger partial charge in [-0.25, -0.2) is 0 Å². The minimum atomic E-state index is 0.574. The lowest BCUT2D eigenvalue weighted by atomic mass is 9.99. The lowest BCUT2D eigenvalue weighted by molar-refractivity contribution is 0.141. The van der Waals surface area contributed by atoms with E-state index in [0.29, 0.717) is 11.3 Å². The molecule has 4 heteroatoms. The first-order valence-corrected chi connectivity index (χ1v) is 8.06. The molecule has 0 amide bonds. The first-order valence-electron chi connectivity index (χ1n) is 8.06. The molecule has 3 rings (SSSR count). The SMILES string of the molecule is N#Cc1cc(N2CCC(N3CCCCC3)CC2)ccc1N. The molecule has 2 N–H and O–H groups in total. The third kappa shape index (κ3) is 3.14. The molecule has 1 aromatic carbocycles. The highest BCUT2D eigenvalue weighted by Gasteiger charge is 2.25. The van der Waals surface area contributed by atoms with Gasteiger partial charge in [0.25, 0.3) is 0 Å². The van der Waals surface area contributed by atoms with E-state index < -0.39 is 0 Å². The van der Waals surface area contributed by atoms with Crippen molar-refractivity contribution < 1.29 is 0 Å². The van der Waals surface area contributed by atoms with Crippen molar-refractivity contribution >= 4 is 11.4 Å². The Morgan fingerprint density at radius 1 is 1.05 bits per heavy atom. The molecule has 1 aromatic rings. The monoisotopic (exact) mass is 284 g/mol. The Morgan fingerprint density at radius 3 is 2.43 bits per heavy atom. The van der Waals surface area contributed by atoms with Gasteiger partial charge in [0, 0.05) is 30.5 Å². The number of rotatable bonds is 2. The Bertz CT molecular complexity index is 520. The third-order valence-electron chi connectivity index (χ3n) is 4.89. The fraction of sp³-hybridized carbons (Fsp3) is 0.588. The van der Waals surface area contributed by atoms with E-state index in [1.54, 1.807) is 0 Å². The van der Waals surface area contributed by atoms with Crippen LogP contribution in [-0.4, -0.2) is 37.1 Å². The van der Waals surface area contributed by atoms with Crippen molar-refractivity contribution in [3.63, 3.8) is 0 Å². The van der Waals surface area contributed by atoms with E-state index in [2.05, 4.69) is 15.9 Å². The van der Waals surface area contributed by atoms with Crippen molar-refractivity contribution in [2.75, 3.05) is 36.8 Å². The van der Waals surface area contributed by atoms with Crippen LogP contribution in [0.25, 0.3) is 0 Å². The highest BCUT2D eigenvalue weighted by Crippen LogP contribution is 2.26. The highest BCUT2D eigenvalue weighted by molar-refractivity contribution is 5.62. The van der Waals surface area contributed by atoms with Gasteiger partial charge >= 0.3 is 0 Å². The Labute approximate surface area is 127 Å². The second kappa shape index (κ2) is 6.36. The average Bonchev–Trinajstić information content (AvgIpc) is 2.56. The highest BCUT2D eigenvalue weighted by atomic mass is 15.2. The topological polar surface area (TPSA) is 56.3 Å². The van der Waals surface area contributed by atoms with Crippen LogP contribution >= 0.6 is 0 Å². The number of likely N-dealkylation sites (tertiary alicyclic amines) is 1. The molecular weight excluding hydrogens is 260 g/mol. The molecule has 0 bridgehead atoms. The molecule has 112 valence electrons. The van der Waals surface area contributed by atoms with Crippen LogP contribution in [0.2, 0.25) is 0 Å². The molecular formula is C17H24N4. The van der Waals surface area contributed by atoms with Crippen molar-refractivity contribution in [3.8, 4) is 6.07 Å². The Hall–Kier alpha value is -1.73. The number of hydrogen-bond acceptors (Lipinski definition) is 4. The van der Waals surface area contributed by atoms with E-state index in [1.165, 1.54) is 45.2 Å². The van der Waals surface area contributed by atoms with Gasteiger partial charge in [-0.05, 0) is 57.0 Å². The number of piperidine rings is 2. The molecule has 0 aliphatic carbocycles. The van der Waals surface area contributed by atoms with Crippen LogP contribution in [0.1, 0.15) is 37.7 Å². The van der Waals surface area contributed by atoms with E-state index in [0.717, 1.165) is 24.8 Å². The summed E-state index contributed by atoms with van der Waals surface area (Å²) in [7, 11) is 0. The zero-order chi connectivity index (χ0) is 14.7. The number of benzene rings is 1. The minimum Gasteiger partial charge on any atom is -0.398 e. The summed E-state index contributed by atoms with van der Waals surface area (Å²) in [6, 6.07) is 8.75. The first-order chi connectivity index (χ1) is 10.3. The van der Waals surface area contributed by atoms with E-state index in [4.69, 9.17) is 11.0 Å². The van der Waals surface area contributed by atoms with Crippen LogP contribution in [0.4, 0.5) is 11.4 Å². The quantitative estimate of drug-likeness (QED) is 0.848. The molecule has 4 nitrogen and oxygen atoms in total. The lowest BCUT2D eigenvalue weighted by Gasteiger charge is -2.41. The predicted molar refractivity (Wildman–Crippen MR) is 86.2 cm³/mol. The molecule has 2 fully saturated rings. The summed E-state index contributed by atoms with van der Waals surface area (Å²) in [6.07, 6.45) is 6.59. The second-order valence-corrected chi connectivity index (χ2v) is 6.20. The lowest BCUT2D eigenvalue weighted by Crippen LogP contribution is -2.46. The Morgan fingerprint density at radius 2 is 1.76 bits per heavy atom. The zero-order valence-corrected chi connectivity index (χ0v) is 12.6. The maximum atomic E-state index is 9.10. The van der Waals surface area contributed by atoms with E-state index in [-0.39, 0.29) is 0 Å². The van der Waals surface area contributed by atoms with Crippen molar-refractivity contribution in [3.05, 3.63) is 23.8 Å². The third-order valence-corrected chi connectivity index (χ3v) is 4.89. The summed E-state index contributed by atoms with van der Waals surface area (Å²) in [5.74, 6) is 0. The molecule has 0 atom stereocenters. The van der Waals surface area contributed by atoms with Crippen LogP contribution in [-0.2, 0) is 0 Å². The summed E-state index contributed by atoms with van der Waals surface area (Å²) in [6.45, 7) is 4.72. The number of anilines is 2. The smallest absolute Gasteiger partial charge is 0.101 e. The molecule has 0 aromatic heterocycles. The van der Waals surface area contributed by atoms with E-state index in [9.17, 15) is 0 Å². The van der Waals surface area contributed by atoms with Crippen molar-refractivity contribution in [2.45, 2.75) is 38.1 Å². The van der Waals surface area contributed by atoms with Crippen LogP contribution in [0.3, 0.4) is 0 Å². The van der Waals surface area contributed by atoms with Gasteiger partial charge in [-0.1, -0.05) is 6.42 Å². The van der Waals surface area contributed by atoms with Crippen molar-refractivity contribution in [2.24, 2.45) is 0 Å². The van der Waals surface area contributed by atoms with Crippen molar-refractivity contribution in [1.29, 1.82) is 5.26 Å². The predicted octanol–water partition coefficient (Wildman–Crippen LogP) is 2.60. The summed E-state index contributed by atoms with van der Waals surface area (Å²) in [4.78, 5) is 5.07. The summed E-state index contributed by atoms with van der Waals surface area (Å²) >= 11 is 0. The average molecular weight is 284 g/mol. The molecule has 0 unspecified atom stereocenters. The number of nitrogen functional groups attached to an aromatic ring is 1. The van der Waals surface area contributed by atoms with Crippen LogP contribution in [0.15, 0.2) is 18.2 Å². The summed E-state index contributed by atoms with van der Waals surface area (Å²) < 4.78 is 0. The molecule has 2 heterocycles. The van der Waals surface area contributed by atoms with Crippen LogP contribution < -0.4 is 10.6 Å². The van der Waals surface area contributed by atoms with Gasteiger partial charge in [-0.3, -0.25) is 0 Å². The molecule has 2 aliphatic heterocycles. The largest absolute Gasteiger partial charge is 0.398 e. The van der Waals surface area contributed by atoms with Crippen molar-refractivity contribution in [1.82, 2.24) is 4.90 Å². The molecule has 21 heavy (non-hydrogen) atoms. The normalized spacial score (nSPS) is 21.2. The Balaban J connectivity index is 1.61. The minimum absolute atomic E-state index is 0.574. The molecule has 0 spiro atoms. The van der Waals surface area contributed by atoms with E-state index >= 15 is 0 Å². The van der Waals surface area contributed by atoms with Gasteiger partial charge in [0.05, 0.1) is 5.56 Å². The van der Waals surface area contributed by atoms with Gasteiger partial charge < -0.3 is 15.5 Å². The standard InChI is InChI=1S/C17H24N4/c18-13-14-12-16(4-5-17(14)19)21-10-6-15(7-11-21)20-8-2-1-3-9-20/h4-5,12,15H,1-3,6-11,19H2. The molecule has 0 saturated carbocycles. The maximum Gasteiger partial charge on any atom is 0.101 e. The van der Waals surface area contributed by atoms with Gasteiger partial charge in [0.2, 0.25) is 0 Å². The fourth-order valence-corrected chi connectivity index (χ4v) is 3.61. The summed E-state index contributed by atoms with van der Waals surface area (Å²) in [5, 5.41) is 9.10. The van der Waals surface area contributed by atoms with Gasteiger partial charge in [-0.2, -0.15) is 5.26 Å². The number of nitriles is 1. The second-order valence-electron chi connectivity index (χ2n) is 6.20. The fourth-order valence-electron chi connectivity index (χ4n) is 3.61. The summed E-state index contributed by atoms with van der Waals surface area (Å²) in [5.41, 5.74) is 8.10. The molecule has 2 aliphatic rings. The van der Waals surface area contributed by atoms with Crippen LogP contribution in [0.5, 0.6) is 0 Å². The molecule has 2 saturated heterocycles.